The van der Waals surface area contributed by atoms with Crippen molar-refractivity contribution in [3.8, 4) is 0 Å². The second-order valence-corrected chi connectivity index (χ2v) is 6.82. The number of carbonyl (C=O) groups excluding carboxylic acids is 1. The Kier molecular flexibility index (Phi) is 4.63. The number of rotatable bonds is 2. The van der Waals surface area contributed by atoms with Gasteiger partial charge in [0, 0.05) is 25.9 Å². The van der Waals surface area contributed by atoms with Crippen molar-refractivity contribution in [2.45, 2.75) is 44.9 Å². The fourth-order valence-corrected chi connectivity index (χ4v) is 2.59. The molecule has 1 aliphatic rings. The van der Waals surface area contributed by atoms with E-state index in [1.807, 2.05) is 0 Å². The summed E-state index contributed by atoms with van der Waals surface area (Å²) < 4.78 is 20.4. The Bertz CT molecular complexity index is 601. The number of ether oxygens (including phenoxy) is 1. The number of benzene rings is 1. The molecule has 0 spiro atoms. The van der Waals surface area contributed by atoms with E-state index in [1.54, 1.807) is 32.9 Å². The molecule has 0 aromatic heterocycles. The van der Waals surface area contributed by atoms with E-state index in [1.165, 1.54) is 17.0 Å². The maximum absolute atomic E-state index is 15.2. The van der Waals surface area contributed by atoms with Gasteiger partial charge in [0.1, 0.15) is 11.3 Å². The normalized spacial score (nSPS) is 17.7. The van der Waals surface area contributed by atoms with E-state index >= 15 is 4.39 Å². The van der Waals surface area contributed by atoms with Crippen LogP contribution in [0.25, 0.3) is 0 Å². The predicted molar refractivity (Wildman–Crippen MR) is 83.2 cm³/mol. The molecular formula is C17H22FNO4. The molecule has 1 N–H and O–H groups in total. The summed E-state index contributed by atoms with van der Waals surface area (Å²) in [6.45, 7) is 5.83. The molecule has 1 amide bonds. The number of likely N-dealkylation sites (tertiary alicyclic amines) is 1. The third-order valence-corrected chi connectivity index (χ3v) is 3.83. The zero-order chi connectivity index (χ0) is 17.3. The number of carboxylic acid groups (broad SMARTS) is 1. The Morgan fingerprint density at radius 3 is 2.39 bits per heavy atom. The lowest BCUT2D eigenvalue weighted by atomic mass is 9.85. The molecule has 5 nitrogen and oxygen atoms in total. The zero-order valence-corrected chi connectivity index (χ0v) is 13.6. The Morgan fingerprint density at radius 2 is 1.87 bits per heavy atom. The molecule has 1 aromatic carbocycles. The van der Waals surface area contributed by atoms with Crippen molar-refractivity contribution < 1.29 is 23.8 Å². The van der Waals surface area contributed by atoms with Crippen molar-refractivity contribution in [1.82, 2.24) is 4.90 Å². The number of carboxylic acids is 1. The topological polar surface area (TPSA) is 66.8 Å². The summed E-state index contributed by atoms with van der Waals surface area (Å²) in [5, 5.41) is 9.02. The predicted octanol–water partition coefficient (Wildman–Crippen LogP) is 3.58. The minimum atomic E-state index is -1.62. The molecule has 0 radical (unpaired) electrons. The standard InChI is InChI=1S/C17H22FNO4/c1-16(2,3)23-15(22)19-9-7-17(18,8-10-19)13-6-4-5-12(11-13)14(20)21/h4-6,11H,7-10H2,1-3H3,(H,20,21). The van der Waals surface area contributed by atoms with Gasteiger partial charge in [-0.3, -0.25) is 0 Å². The quantitative estimate of drug-likeness (QED) is 0.903. The summed E-state index contributed by atoms with van der Waals surface area (Å²) in [4.78, 5) is 24.5. The van der Waals surface area contributed by atoms with E-state index in [4.69, 9.17) is 9.84 Å². The molecule has 2 rings (SSSR count). The van der Waals surface area contributed by atoms with Gasteiger partial charge in [-0.2, -0.15) is 0 Å². The van der Waals surface area contributed by atoms with Crippen LogP contribution >= 0.6 is 0 Å². The molecule has 23 heavy (non-hydrogen) atoms. The number of alkyl halides is 1. The molecule has 0 atom stereocenters. The SMILES string of the molecule is CC(C)(C)OC(=O)N1CCC(F)(c2cccc(C(=O)O)c2)CC1. The van der Waals surface area contributed by atoms with Crippen LogP contribution in [0.2, 0.25) is 0 Å². The van der Waals surface area contributed by atoms with Crippen molar-refractivity contribution >= 4 is 12.1 Å². The molecule has 1 aromatic rings. The lowest BCUT2D eigenvalue weighted by Crippen LogP contribution is -2.45. The summed E-state index contributed by atoms with van der Waals surface area (Å²) in [6.07, 6.45) is -0.205. The second kappa shape index (κ2) is 6.18. The van der Waals surface area contributed by atoms with Gasteiger partial charge in [-0.05, 0) is 38.5 Å². The largest absolute Gasteiger partial charge is 0.478 e. The van der Waals surface area contributed by atoms with Crippen LogP contribution in [0.5, 0.6) is 0 Å². The number of carbonyl (C=O) groups is 2. The summed E-state index contributed by atoms with van der Waals surface area (Å²) in [5.41, 5.74) is -1.79. The molecule has 6 heteroatoms. The molecule has 0 saturated carbocycles. The van der Waals surface area contributed by atoms with Crippen LogP contribution in [0.15, 0.2) is 24.3 Å². The van der Waals surface area contributed by atoms with Gasteiger partial charge in [-0.15, -0.1) is 0 Å². The molecule has 1 heterocycles. The van der Waals surface area contributed by atoms with Crippen LogP contribution in [0.4, 0.5) is 9.18 Å². The van der Waals surface area contributed by atoms with Gasteiger partial charge < -0.3 is 14.7 Å². The lowest BCUT2D eigenvalue weighted by Gasteiger charge is -2.37. The number of nitrogens with zero attached hydrogens (tertiary/aromatic N) is 1. The van der Waals surface area contributed by atoms with Crippen LogP contribution < -0.4 is 0 Å². The van der Waals surface area contributed by atoms with Crippen LogP contribution in [0.3, 0.4) is 0 Å². The van der Waals surface area contributed by atoms with Crippen LogP contribution in [-0.2, 0) is 10.4 Å². The highest BCUT2D eigenvalue weighted by molar-refractivity contribution is 5.87. The van der Waals surface area contributed by atoms with Gasteiger partial charge in [-0.1, -0.05) is 12.1 Å². The summed E-state index contributed by atoms with van der Waals surface area (Å²) in [7, 11) is 0. The number of aromatic carboxylic acids is 1. The summed E-state index contributed by atoms with van der Waals surface area (Å²) in [6, 6.07) is 5.94. The summed E-state index contributed by atoms with van der Waals surface area (Å²) >= 11 is 0. The fourth-order valence-electron chi connectivity index (χ4n) is 2.59. The maximum Gasteiger partial charge on any atom is 0.410 e. The van der Waals surface area contributed by atoms with Gasteiger partial charge in [0.25, 0.3) is 0 Å². The molecule has 1 aliphatic heterocycles. The van der Waals surface area contributed by atoms with E-state index in [0.29, 0.717) is 5.56 Å². The molecule has 1 fully saturated rings. The molecule has 0 bridgehead atoms. The number of hydrogen-bond donors (Lipinski definition) is 1. The Morgan fingerprint density at radius 1 is 1.26 bits per heavy atom. The number of hydrogen-bond acceptors (Lipinski definition) is 3. The first-order valence-electron chi connectivity index (χ1n) is 7.61. The van der Waals surface area contributed by atoms with E-state index in [-0.39, 0.29) is 31.5 Å². The Hall–Kier alpha value is -2.11. The highest BCUT2D eigenvalue weighted by atomic mass is 19.1. The second-order valence-electron chi connectivity index (χ2n) is 6.82. The maximum atomic E-state index is 15.2. The van der Waals surface area contributed by atoms with Gasteiger partial charge in [0.2, 0.25) is 0 Å². The minimum absolute atomic E-state index is 0.0640. The van der Waals surface area contributed by atoms with Gasteiger partial charge >= 0.3 is 12.1 Å². The van der Waals surface area contributed by atoms with Crippen molar-refractivity contribution in [2.75, 3.05) is 13.1 Å². The van der Waals surface area contributed by atoms with Crippen molar-refractivity contribution in [1.29, 1.82) is 0 Å². The van der Waals surface area contributed by atoms with Crippen molar-refractivity contribution in [3.05, 3.63) is 35.4 Å². The highest BCUT2D eigenvalue weighted by Gasteiger charge is 2.38. The van der Waals surface area contributed by atoms with Crippen molar-refractivity contribution in [3.63, 3.8) is 0 Å². The van der Waals surface area contributed by atoms with E-state index in [0.717, 1.165) is 0 Å². The minimum Gasteiger partial charge on any atom is -0.478 e. The molecule has 0 aliphatic carbocycles. The third kappa shape index (κ3) is 4.21. The molecule has 0 unspecified atom stereocenters. The van der Waals surface area contributed by atoms with E-state index in [9.17, 15) is 9.59 Å². The first kappa shape index (κ1) is 17.2. The van der Waals surface area contributed by atoms with Gasteiger partial charge in [0.15, 0.2) is 0 Å². The van der Waals surface area contributed by atoms with Crippen molar-refractivity contribution in [2.24, 2.45) is 0 Å². The van der Waals surface area contributed by atoms with Crippen LogP contribution in [-0.4, -0.2) is 40.8 Å². The number of halogens is 1. The first-order chi connectivity index (χ1) is 10.6. The number of amides is 1. The molecule has 126 valence electrons. The average molecular weight is 323 g/mol. The average Bonchev–Trinajstić information content (AvgIpc) is 2.46. The van der Waals surface area contributed by atoms with Gasteiger partial charge in [0.05, 0.1) is 5.56 Å². The number of piperidine rings is 1. The van der Waals surface area contributed by atoms with Crippen LogP contribution in [0.1, 0.15) is 49.5 Å². The monoisotopic (exact) mass is 323 g/mol. The fraction of sp³-hybridized carbons (Fsp3) is 0.529. The molecule has 1 saturated heterocycles. The lowest BCUT2D eigenvalue weighted by molar-refractivity contribution is 0.00220. The van der Waals surface area contributed by atoms with Gasteiger partial charge in [-0.25, -0.2) is 14.0 Å². The van der Waals surface area contributed by atoms with Crippen LogP contribution in [0, 0.1) is 0 Å². The first-order valence-corrected chi connectivity index (χ1v) is 7.61. The smallest absolute Gasteiger partial charge is 0.410 e. The zero-order valence-electron chi connectivity index (χ0n) is 13.6. The highest BCUT2D eigenvalue weighted by Crippen LogP contribution is 2.37. The Balaban J connectivity index is 2.06. The third-order valence-electron chi connectivity index (χ3n) is 3.83. The summed E-state index contributed by atoms with van der Waals surface area (Å²) in [5.74, 6) is -1.08. The Labute approximate surface area is 135 Å². The molecular weight excluding hydrogens is 301 g/mol. The van der Waals surface area contributed by atoms with E-state index in [2.05, 4.69) is 0 Å². The van der Waals surface area contributed by atoms with E-state index < -0.39 is 23.3 Å².